The highest BCUT2D eigenvalue weighted by Gasteiger charge is 2.09. The molecule has 0 heterocycles. The van der Waals surface area contributed by atoms with Crippen molar-refractivity contribution in [2.24, 2.45) is 0 Å². The monoisotopic (exact) mass is 511 g/mol. The summed E-state index contributed by atoms with van der Waals surface area (Å²) in [6.07, 6.45) is 14.6. The zero-order valence-corrected chi connectivity index (χ0v) is 22.6. The van der Waals surface area contributed by atoms with Crippen molar-refractivity contribution in [3.8, 4) is 0 Å². The lowest BCUT2D eigenvalue weighted by Gasteiger charge is -2.08. The van der Waals surface area contributed by atoms with E-state index in [2.05, 4.69) is 51.2 Å². The number of anilines is 1. The predicted octanol–water partition coefficient (Wildman–Crippen LogP) is 10.3. The van der Waals surface area contributed by atoms with Crippen LogP contribution in [0.25, 0.3) is 0 Å². The average molecular weight is 513 g/mol. The van der Waals surface area contributed by atoms with E-state index in [9.17, 15) is 4.79 Å². The normalized spacial score (nSPS) is 12.5. The molecule has 0 atom stereocenters. The van der Waals surface area contributed by atoms with E-state index in [4.69, 9.17) is 39.5 Å². The zero-order chi connectivity index (χ0) is 24.8. The van der Waals surface area contributed by atoms with E-state index in [0.29, 0.717) is 5.69 Å². The van der Waals surface area contributed by atoms with E-state index < -0.39 is 6.09 Å². The van der Waals surface area contributed by atoms with Crippen LogP contribution in [0.15, 0.2) is 58.7 Å². The number of amides is 1. The average Bonchev–Trinajstić information content (AvgIpc) is 2.71. The van der Waals surface area contributed by atoms with E-state index in [1.54, 1.807) is 0 Å². The lowest BCUT2D eigenvalue weighted by molar-refractivity contribution is 0.174. The fourth-order valence-corrected chi connectivity index (χ4v) is 3.62. The molecule has 0 unspecified atom stereocenters. The van der Waals surface area contributed by atoms with Crippen molar-refractivity contribution in [2.45, 2.75) is 73.1 Å². The molecule has 0 radical (unpaired) electrons. The number of carbonyl (C=O) groups is 1. The summed E-state index contributed by atoms with van der Waals surface area (Å²) in [5.41, 5.74) is 5.87. The molecule has 182 valence electrons. The molecule has 0 aliphatic rings. The molecule has 1 aromatic rings. The van der Waals surface area contributed by atoms with Crippen LogP contribution in [0.2, 0.25) is 15.1 Å². The summed E-state index contributed by atoms with van der Waals surface area (Å²) in [6.45, 7) is 10.9. The molecule has 0 saturated carbocycles. The van der Waals surface area contributed by atoms with Gasteiger partial charge in [0.15, 0.2) is 0 Å². The molecule has 33 heavy (non-hydrogen) atoms. The molecule has 0 aromatic heterocycles. The van der Waals surface area contributed by atoms with Crippen LogP contribution in [-0.4, -0.2) is 12.7 Å². The minimum Gasteiger partial charge on any atom is -0.445 e. The van der Waals surface area contributed by atoms with Crippen LogP contribution < -0.4 is 5.32 Å². The summed E-state index contributed by atoms with van der Waals surface area (Å²) in [4.78, 5) is 11.9. The second-order valence-electron chi connectivity index (χ2n) is 8.53. The summed E-state index contributed by atoms with van der Waals surface area (Å²) < 4.78 is 5.20. The molecular weight excluding hydrogens is 477 g/mol. The maximum absolute atomic E-state index is 11.9. The van der Waals surface area contributed by atoms with E-state index in [1.165, 1.54) is 34.4 Å². The lowest BCUT2D eigenvalue weighted by atomic mass is 10.0. The molecule has 0 spiro atoms. The van der Waals surface area contributed by atoms with Gasteiger partial charge in [-0.2, -0.15) is 0 Å². The van der Waals surface area contributed by atoms with E-state index in [0.717, 1.165) is 38.5 Å². The van der Waals surface area contributed by atoms with Gasteiger partial charge in [0.2, 0.25) is 0 Å². The van der Waals surface area contributed by atoms with Gasteiger partial charge in [0.25, 0.3) is 0 Å². The van der Waals surface area contributed by atoms with Crippen molar-refractivity contribution in [2.75, 3.05) is 11.9 Å². The van der Waals surface area contributed by atoms with E-state index in [-0.39, 0.29) is 21.7 Å². The zero-order valence-electron chi connectivity index (χ0n) is 20.4. The topological polar surface area (TPSA) is 38.3 Å². The lowest BCUT2D eigenvalue weighted by Crippen LogP contribution is -2.13. The molecule has 1 rings (SSSR count). The van der Waals surface area contributed by atoms with Crippen molar-refractivity contribution in [1.82, 2.24) is 0 Å². The first-order valence-corrected chi connectivity index (χ1v) is 12.4. The van der Waals surface area contributed by atoms with Crippen molar-refractivity contribution < 1.29 is 9.53 Å². The second-order valence-corrected chi connectivity index (χ2v) is 9.72. The van der Waals surface area contributed by atoms with Gasteiger partial charge in [-0.1, -0.05) is 75.3 Å². The molecule has 0 fully saturated rings. The second kappa shape index (κ2) is 16.0. The first kappa shape index (κ1) is 29.4. The quantitative estimate of drug-likeness (QED) is 0.223. The number of carbonyl (C=O) groups excluding carboxylic acids is 1. The first-order chi connectivity index (χ1) is 15.6. The number of allylic oxidation sites excluding steroid dienone is 7. The maximum atomic E-state index is 11.9. The van der Waals surface area contributed by atoms with Crippen LogP contribution in [0, 0.1) is 0 Å². The Morgan fingerprint density at radius 1 is 0.788 bits per heavy atom. The summed E-state index contributed by atoms with van der Waals surface area (Å²) in [6, 6.07) is 3.04. The van der Waals surface area contributed by atoms with Gasteiger partial charge < -0.3 is 4.74 Å². The summed E-state index contributed by atoms with van der Waals surface area (Å²) in [5, 5.41) is 3.38. The van der Waals surface area contributed by atoms with Crippen molar-refractivity contribution in [3.05, 3.63) is 73.8 Å². The summed E-state index contributed by atoms with van der Waals surface area (Å²) in [7, 11) is 0. The Kier molecular flexibility index (Phi) is 14.3. The minimum atomic E-state index is -0.576. The van der Waals surface area contributed by atoms with Gasteiger partial charge in [-0.05, 0) is 91.4 Å². The van der Waals surface area contributed by atoms with Crippen molar-refractivity contribution in [3.63, 3.8) is 0 Å². The highest BCUT2D eigenvalue weighted by molar-refractivity contribution is 6.48. The Morgan fingerprint density at radius 2 is 1.24 bits per heavy atom. The minimum absolute atomic E-state index is 0.201. The molecule has 1 aromatic carbocycles. The molecule has 1 amide bonds. The smallest absolute Gasteiger partial charge is 0.411 e. The molecule has 0 bridgehead atoms. The van der Waals surface area contributed by atoms with E-state index >= 15 is 0 Å². The fraction of sp³-hybridized carbons (Fsp3) is 0.444. The number of benzene rings is 1. The Morgan fingerprint density at radius 3 is 1.73 bits per heavy atom. The van der Waals surface area contributed by atoms with Gasteiger partial charge in [0.1, 0.15) is 6.61 Å². The molecule has 0 aliphatic heterocycles. The number of hydrogen-bond acceptors (Lipinski definition) is 2. The van der Waals surface area contributed by atoms with Gasteiger partial charge in [0, 0.05) is 5.69 Å². The first-order valence-electron chi connectivity index (χ1n) is 11.3. The third-order valence-electron chi connectivity index (χ3n) is 5.03. The van der Waals surface area contributed by atoms with Gasteiger partial charge in [-0.25, -0.2) is 4.79 Å². The highest BCUT2D eigenvalue weighted by Crippen LogP contribution is 2.33. The van der Waals surface area contributed by atoms with Crippen LogP contribution >= 0.6 is 34.8 Å². The number of ether oxygens (including phenoxy) is 1. The predicted molar refractivity (Wildman–Crippen MR) is 145 cm³/mol. The Bertz CT molecular complexity index is 887. The molecule has 1 N–H and O–H groups in total. The SMILES string of the molecule is CC(C)=CCCC(C)=CCCC(C)=CCCC(C)=CCOC(=O)Nc1cc(Cl)c(Cl)c(Cl)c1. The number of rotatable bonds is 12. The molecule has 0 saturated heterocycles. The summed E-state index contributed by atoms with van der Waals surface area (Å²) in [5.74, 6) is 0. The van der Waals surface area contributed by atoms with Gasteiger partial charge >= 0.3 is 6.09 Å². The third-order valence-corrected chi connectivity index (χ3v) is 6.23. The van der Waals surface area contributed by atoms with Crippen LogP contribution in [0.3, 0.4) is 0 Å². The van der Waals surface area contributed by atoms with Crippen LogP contribution in [0.5, 0.6) is 0 Å². The van der Waals surface area contributed by atoms with Gasteiger partial charge in [0.05, 0.1) is 15.1 Å². The highest BCUT2D eigenvalue weighted by atomic mass is 35.5. The summed E-state index contributed by atoms with van der Waals surface area (Å²) >= 11 is 17.8. The number of hydrogen-bond donors (Lipinski definition) is 1. The van der Waals surface area contributed by atoms with Crippen molar-refractivity contribution >= 4 is 46.6 Å². The fourth-order valence-electron chi connectivity index (χ4n) is 3.03. The molecule has 0 aliphatic carbocycles. The Hall–Kier alpha value is -1.68. The number of halogens is 3. The van der Waals surface area contributed by atoms with Crippen molar-refractivity contribution in [1.29, 1.82) is 0 Å². The van der Waals surface area contributed by atoms with Gasteiger partial charge in [-0.3, -0.25) is 5.32 Å². The maximum Gasteiger partial charge on any atom is 0.411 e. The number of nitrogens with one attached hydrogen (secondary N) is 1. The third kappa shape index (κ3) is 13.6. The van der Waals surface area contributed by atoms with Crippen LogP contribution in [-0.2, 0) is 4.74 Å². The van der Waals surface area contributed by atoms with Crippen LogP contribution in [0.1, 0.15) is 73.1 Å². The van der Waals surface area contributed by atoms with Gasteiger partial charge in [-0.15, -0.1) is 0 Å². The largest absolute Gasteiger partial charge is 0.445 e. The Balaban J connectivity index is 2.31. The Labute approximate surface area is 214 Å². The van der Waals surface area contributed by atoms with E-state index in [1.807, 2.05) is 13.0 Å². The molecular formula is C27H36Cl3NO2. The standard InChI is InChI=1S/C27H36Cl3NO2/c1-19(2)9-6-10-20(3)11-7-12-21(4)13-8-14-22(5)15-16-33-27(32)31-23-17-24(28)26(30)25(29)18-23/h9,11,13,15,17-18H,6-8,10,12,14,16H2,1-5H3,(H,31,32). The molecule has 6 heteroatoms. The molecule has 3 nitrogen and oxygen atoms in total. The van der Waals surface area contributed by atoms with Crippen LogP contribution in [0.4, 0.5) is 10.5 Å².